The molecule has 1 heterocycles. The monoisotopic (exact) mass is 377 g/mol. The molecule has 0 aliphatic rings. The van der Waals surface area contributed by atoms with Crippen molar-refractivity contribution in [2.24, 2.45) is 0 Å². The van der Waals surface area contributed by atoms with Crippen LogP contribution in [0.1, 0.15) is 30.9 Å². The summed E-state index contributed by atoms with van der Waals surface area (Å²) in [6.07, 6.45) is -2.70. The van der Waals surface area contributed by atoms with Gasteiger partial charge in [0.25, 0.3) is 0 Å². The largest absolute Gasteiger partial charge is 0.416 e. The van der Waals surface area contributed by atoms with Gasteiger partial charge in [0.1, 0.15) is 5.82 Å². The molecule has 0 spiro atoms. The maximum atomic E-state index is 13.1. The number of alkyl halides is 3. The molecule has 7 heteroatoms. The molecule has 1 aromatic heterocycles. The molecule has 2 aromatic carbocycles. The Balaban J connectivity index is 2.25. The highest BCUT2D eigenvalue weighted by Gasteiger charge is 2.31. The number of hydrogen-bond donors (Lipinski definition) is 0. The van der Waals surface area contributed by atoms with Crippen LogP contribution in [0, 0.1) is 11.3 Å². The van der Waals surface area contributed by atoms with Gasteiger partial charge in [0.2, 0.25) is 0 Å². The number of halogens is 4. The zero-order valence-electron chi connectivity index (χ0n) is 13.9. The van der Waals surface area contributed by atoms with Gasteiger partial charge < -0.3 is 4.57 Å². The zero-order chi connectivity index (χ0) is 18.9. The number of aryl methyl sites for hydroxylation is 1. The average molecular weight is 378 g/mol. The van der Waals surface area contributed by atoms with Gasteiger partial charge in [0.05, 0.1) is 33.3 Å². The molecule has 3 aromatic rings. The average Bonchev–Trinajstić information content (AvgIpc) is 2.96. The molecule has 0 saturated heterocycles. The van der Waals surface area contributed by atoms with Gasteiger partial charge >= 0.3 is 6.18 Å². The fraction of sp³-hybridized carbons (Fsp3) is 0.263. The topological polar surface area (TPSA) is 41.6 Å². The molecule has 0 atom stereocenters. The standard InChI is InChI=1S/C19H15ClF3N3/c1-2-3-8-26-17-7-4-12(11-24)9-16(17)25-18(26)14-10-13(19(21,22)23)5-6-15(14)20/h4-7,9-10H,2-3,8H2,1H3. The van der Waals surface area contributed by atoms with Crippen molar-refractivity contribution in [2.45, 2.75) is 32.5 Å². The molecular formula is C19H15ClF3N3. The van der Waals surface area contributed by atoms with Crippen molar-refractivity contribution in [3.63, 3.8) is 0 Å². The first kappa shape index (κ1) is 18.3. The molecule has 3 rings (SSSR count). The molecule has 3 nitrogen and oxygen atoms in total. The van der Waals surface area contributed by atoms with E-state index in [0.29, 0.717) is 23.4 Å². The minimum Gasteiger partial charge on any atom is -0.324 e. The number of benzene rings is 2. The molecule has 0 N–H and O–H groups in total. The SMILES string of the molecule is CCCCn1c(-c2cc(C(F)(F)F)ccc2Cl)nc2cc(C#N)ccc21. The second-order valence-corrected chi connectivity index (χ2v) is 6.36. The number of unbranched alkanes of at least 4 members (excludes halogenated alkanes) is 1. The van der Waals surface area contributed by atoms with E-state index in [1.54, 1.807) is 18.2 Å². The molecule has 26 heavy (non-hydrogen) atoms. The van der Waals surface area contributed by atoms with Crippen LogP contribution in [0.5, 0.6) is 0 Å². The number of hydrogen-bond acceptors (Lipinski definition) is 2. The highest BCUT2D eigenvalue weighted by Crippen LogP contribution is 2.37. The molecule has 134 valence electrons. The number of nitriles is 1. The van der Waals surface area contributed by atoms with E-state index >= 15 is 0 Å². The third kappa shape index (κ3) is 3.40. The van der Waals surface area contributed by atoms with Crippen LogP contribution in [0.3, 0.4) is 0 Å². The Morgan fingerprint density at radius 3 is 2.62 bits per heavy atom. The highest BCUT2D eigenvalue weighted by molar-refractivity contribution is 6.33. The quantitative estimate of drug-likeness (QED) is 0.555. The van der Waals surface area contributed by atoms with Crippen molar-refractivity contribution >= 4 is 22.6 Å². The van der Waals surface area contributed by atoms with Crippen LogP contribution in [-0.4, -0.2) is 9.55 Å². The highest BCUT2D eigenvalue weighted by atomic mass is 35.5. The summed E-state index contributed by atoms with van der Waals surface area (Å²) < 4.78 is 41.2. The minimum atomic E-state index is -4.46. The Bertz CT molecular complexity index is 1000. The van der Waals surface area contributed by atoms with E-state index < -0.39 is 11.7 Å². The number of fused-ring (bicyclic) bond motifs is 1. The van der Waals surface area contributed by atoms with Crippen LogP contribution >= 0.6 is 11.6 Å². The van der Waals surface area contributed by atoms with E-state index in [-0.39, 0.29) is 10.6 Å². The summed E-state index contributed by atoms with van der Waals surface area (Å²) in [7, 11) is 0. The fourth-order valence-electron chi connectivity index (χ4n) is 2.82. The predicted octanol–water partition coefficient (Wildman–Crippen LogP) is 6.05. The normalized spacial score (nSPS) is 11.7. The van der Waals surface area contributed by atoms with E-state index in [1.807, 2.05) is 17.6 Å². The second-order valence-electron chi connectivity index (χ2n) is 5.95. The van der Waals surface area contributed by atoms with Gasteiger partial charge in [-0.25, -0.2) is 4.98 Å². The molecule has 0 saturated carbocycles. The third-order valence-corrected chi connectivity index (χ3v) is 4.48. The summed E-state index contributed by atoms with van der Waals surface area (Å²) in [6, 6.07) is 10.3. The van der Waals surface area contributed by atoms with E-state index in [9.17, 15) is 13.2 Å². The molecule has 0 fully saturated rings. The van der Waals surface area contributed by atoms with Gasteiger partial charge in [-0.1, -0.05) is 24.9 Å². The Kier molecular flexibility index (Phi) is 4.92. The van der Waals surface area contributed by atoms with Crippen molar-refractivity contribution in [2.75, 3.05) is 0 Å². The Labute approximate surface area is 153 Å². The lowest BCUT2D eigenvalue weighted by Gasteiger charge is -2.12. The van der Waals surface area contributed by atoms with Gasteiger partial charge in [-0.3, -0.25) is 0 Å². The van der Waals surface area contributed by atoms with Crippen molar-refractivity contribution < 1.29 is 13.2 Å². The summed E-state index contributed by atoms with van der Waals surface area (Å²) in [4.78, 5) is 4.49. The molecule has 0 aliphatic heterocycles. The number of imidazole rings is 1. The van der Waals surface area contributed by atoms with E-state index in [0.717, 1.165) is 30.5 Å². The number of nitrogens with zero attached hydrogens (tertiary/aromatic N) is 3. The predicted molar refractivity (Wildman–Crippen MR) is 94.8 cm³/mol. The number of rotatable bonds is 4. The summed E-state index contributed by atoms with van der Waals surface area (Å²) in [5.41, 5.74) is 1.22. The van der Waals surface area contributed by atoms with Gasteiger partial charge in [-0.15, -0.1) is 0 Å². The minimum absolute atomic E-state index is 0.201. The molecule has 0 unspecified atom stereocenters. The smallest absolute Gasteiger partial charge is 0.324 e. The molecule has 0 amide bonds. The summed E-state index contributed by atoms with van der Waals surface area (Å²) >= 11 is 6.20. The Morgan fingerprint density at radius 1 is 1.19 bits per heavy atom. The lowest BCUT2D eigenvalue weighted by atomic mass is 10.1. The Morgan fingerprint density at radius 2 is 1.96 bits per heavy atom. The van der Waals surface area contributed by atoms with Crippen LogP contribution in [0.4, 0.5) is 13.2 Å². The number of aromatic nitrogens is 2. The van der Waals surface area contributed by atoms with Crippen LogP contribution < -0.4 is 0 Å². The lowest BCUT2D eigenvalue weighted by Crippen LogP contribution is -2.06. The van der Waals surface area contributed by atoms with Gasteiger partial charge in [-0.2, -0.15) is 18.4 Å². The first-order chi connectivity index (χ1) is 12.3. The van der Waals surface area contributed by atoms with Crippen molar-refractivity contribution in [3.05, 3.63) is 52.5 Å². The summed E-state index contributed by atoms with van der Waals surface area (Å²) in [5.74, 6) is 0.375. The third-order valence-electron chi connectivity index (χ3n) is 4.15. The Hall–Kier alpha value is -2.52. The van der Waals surface area contributed by atoms with Gasteiger partial charge in [0.15, 0.2) is 0 Å². The van der Waals surface area contributed by atoms with Crippen molar-refractivity contribution in [1.29, 1.82) is 5.26 Å². The van der Waals surface area contributed by atoms with E-state index in [2.05, 4.69) is 4.98 Å². The summed E-state index contributed by atoms with van der Waals surface area (Å²) in [5, 5.41) is 9.27. The molecular weight excluding hydrogens is 363 g/mol. The first-order valence-electron chi connectivity index (χ1n) is 8.12. The zero-order valence-corrected chi connectivity index (χ0v) is 14.7. The fourth-order valence-corrected chi connectivity index (χ4v) is 3.02. The lowest BCUT2D eigenvalue weighted by molar-refractivity contribution is -0.137. The van der Waals surface area contributed by atoms with Gasteiger partial charge in [0, 0.05) is 12.1 Å². The van der Waals surface area contributed by atoms with E-state index in [4.69, 9.17) is 16.9 Å². The molecule has 0 radical (unpaired) electrons. The van der Waals surface area contributed by atoms with Crippen molar-refractivity contribution in [1.82, 2.24) is 9.55 Å². The van der Waals surface area contributed by atoms with Crippen LogP contribution in [-0.2, 0) is 12.7 Å². The van der Waals surface area contributed by atoms with Crippen LogP contribution in [0.25, 0.3) is 22.4 Å². The summed E-state index contributed by atoms with van der Waals surface area (Å²) in [6.45, 7) is 2.63. The molecule has 0 aliphatic carbocycles. The van der Waals surface area contributed by atoms with Gasteiger partial charge in [-0.05, 0) is 42.8 Å². The second kappa shape index (κ2) is 7.00. The maximum Gasteiger partial charge on any atom is 0.416 e. The molecule has 0 bridgehead atoms. The van der Waals surface area contributed by atoms with E-state index in [1.165, 1.54) is 6.07 Å². The van der Waals surface area contributed by atoms with Crippen molar-refractivity contribution in [3.8, 4) is 17.5 Å². The van der Waals surface area contributed by atoms with Crippen LogP contribution in [0.2, 0.25) is 5.02 Å². The maximum absolute atomic E-state index is 13.1. The van der Waals surface area contributed by atoms with Crippen LogP contribution in [0.15, 0.2) is 36.4 Å². The first-order valence-corrected chi connectivity index (χ1v) is 8.50.